The molecule has 0 bridgehead atoms. The Balaban J connectivity index is 2.57. The molecule has 0 saturated carbocycles. The Hall–Kier alpha value is -1.43. The number of nitrogens with zero attached hydrogens (tertiary/aromatic N) is 1. The van der Waals surface area contributed by atoms with Crippen molar-refractivity contribution in [1.29, 1.82) is 0 Å². The second-order valence-electron chi connectivity index (χ2n) is 2.72. The number of benzene rings is 1. The van der Waals surface area contributed by atoms with Crippen LogP contribution in [0.2, 0.25) is 0 Å². The lowest BCUT2D eigenvalue weighted by Gasteiger charge is -2.02. The molecule has 0 unspecified atom stereocenters. The van der Waals surface area contributed by atoms with Gasteiger partial charge in [-0.25, -0.2) is 0 Å². The van der Waals surface area contributed by atoms with Gasteiger partial charge in [-0.05, 0) is 17.7 Å². The smallest absolute Gasteiger partial charge is 0.316 e. The summed E-state index contributed by atoms with van der Waals surface area (Å²) in [6, 6.07) is 5.86. The lowest BCUT2D eigenvalue weighted by Crippen LogP contribution is -2.05. The Morgan fingerprint density at radius 1 is 1.40 bits per heavy atom. The largest absolute Gasteiger partial charge is 0.460 e. The minimum atomic E-state index is -0.478. The molecule has 0 heterocycles. The van der Waals surface area contributed by atoms with Gasteiger partial charge in [-0.2, -0.15) is 0 Å². The van der Waals surface area contributed by atoms with E-state index in [2.05, 4.69) is 15.9 Å². The summed E-state index contributed by atoms with van der Waals surface area (Å²) in [7, 11) is 0. The van der Waals surface area contributed by atoms with Crippen molar-refractivity contribution in [3.8, 4) is 0 Å². The molecule has 6 heteroatoms. The van der Waals surface area contributed by atoms with E-state index in [1.54, 1.807) is 12.1 Å². The van der Waals surface area contributed by atoms with Crippen LogP contribution in [0.15, 0.2) is 24.3 Å². The van der Waals surface area contributed by atoms with E-state index < -0.39 is 4.92 Å². The molecule has 0 aliphatic carbocycles. The van der Waals surface area contributed by atoms with E-state index in [1.165, 1.54) is 12.1 Å². The highest BCUT2D eigenvalue weighted by atomic mass is 79.9. The topological polar surface area (TPSA) is 69.4 Å². The van der Waals surface area contributed by atoms with Crippen LogP contribution in [0.1, 0.15) is 5.56 Å². The van der Waals surface area contributed by atoms with Gasteiger partial charge in [0.1, 0.15) is 11.9 Å². The molecule has 0 aliphatic rings. The molecule has 0 aromatic heterocycles. The fourth-order valence-electron chi connectivity index (χ4n) is 0.916. The van der Waals surface area contributed by atoms with E-state index in [0.717, 1.165) is 5.56 Å². The molecule has 1 aromatic carbocycles. The van der Waals surface area contributed by atoms with Crippen LogP contribution in [0.5, 0.6) is 0 Å². The molecule has 0 spiro atoms. The van der Waals surface area contributed by atoms with Gasteiger partial charge in [0.15, 0.2) is 0 Å². The van der Waals surface area contributed by atoms with E-state index in [1.807, 2.05) is 0 Å². The van der Waals surface area contributed by atoms with Gasteiger partial charge in [0, 0.05) is 12.1 Å². The Kier molecular flexibility index (Phi) is 4.23. The van der Waals surface area contributed by atoms with E-state index in [9.17, 15) is 14.9 Å². The van der Waals surface area contributed by atoms with E-state index in [-0.39, 0.29) is 23.6 Å². The summed E-state index contributed by atoms with van der Waals surface area (Å²) in [4.78, 5) is 20.6. The molecule has 0 fully saturated rings. The number of rotatable bonds is 4. The monoisotopic (exact) mass is 273 g/mol. The highest BCUT2D eigenvalue weighted by molar-refractivity contribution is 9.09. The fourth-order valence-corrected chi connectivity index (χ4v) is 1.08. The van der Waals surface area contributed by atoms with Gasteiger partial charge >= 0.3 is 5.97 Å². The van der Waals surface area contributed by atoms with Gasteiger partial charge in [0.2, 0.25) is 0 Å². The molecular weight excluding hydrogens is 266 g/mol. The van der Waals surface area contributed by atoms with Gasteiger partial charge in [0.05, 0.1) is 4.92 Å². The number of ether oxygens (including phenoxy) is 1. The van der Waals surface area contributed by atoms with Crippen molar-refractivity contribution in [1.82, 2.24) is 0 Å². The first-order valence-corrected chi connectivity index (χ1v) is 5.20. The number of hydrogen-bond donors (Lipinski definition) is 0. The molecule has 0 radical (unpaired) electrons. The third-order valence-electron chi connectivity index (χ3n) is 1.66. The molecule has 1 rings (SSSR count). The zero-order chi connectivity index (χ0) is 11.3. The van der Waals surface area contributed by atoms with Crippen LogP contribution < -0.4 is 0 Å². The molecule has 0 amide bonds. The van der Waals surface area contributed by atoms with Gasteiger partial charge in [0.25, 0.3) is 5.69 Å². The van der Waals surface area contributed by atoms with Gasteiger partial charge in [-0.1, -0.05) is 15.9 Å². The van der Waals surface area contributed by atoms with Crippen LogP contribution in [0, 0.1) is 10.1 Å². The molecule has 0 saturated heterocycles. The molecular formula is C9H8BrNO4. The Morgan fingerprint density at radius 3 is 2.47 bits per heavy atom. The number of non-ortho nitro benzene ring substituents is 1. The summed E-state index contributed by atoms with van der Waals surface area (Å²) in [5.41, 5.74) is 0.737. The molecule has 1 aromatic rings. The van der Waals surface area contributed by atoms with Gasteiger partial charge in [-0.15, -0.1) is 0 Å². The van der Waals surface area contributed by atoms with Crippen molar-refractivity contribution in [3.63, 3.8) is 0 Å². The predicted octanol–water partition coefficient (Wildman–Crippen LogP) is 2.03. The van der Waals surface area contributed by atoms with Crippen LogP contribution in [-0.4, -0.2) is 16.2 Å². The van der Waals surface area contributed by atoms with Gasteiger partial charge in [-0.3, -0.25) is 14.9 Å². The van der Waals surface area contributed by atoms with Crippen molar-refractivity contribution in [3.05, 3.63) is 39.9 Å². The van der Waals surface area contributed by atoms with E-state index >= 15 is 0 Å². The van der Waals surface area contributed by atoms with E-state index in [4.69, 9.17) is 4.74 Å². The van der Waals surface area contributed by atoms with Crippen molar-refractivity contribution >= 4 is 27.6 Å². The lowest BCUT2D eigenvalue weighted by molar-refractivity contribution is -0.384. The third kappa shape index (κ3) is 3.67. The molecule has 5 nitrogen and oxygen atoms in total. The zero-order valence-electron chi connectivity index (χ0n) is 7.68. The minimum Gasteiger partial charge on any atom is -0.460 e. The predicted molar refractivity (Wildman–Crippen MR) is 56.7 cm³/mol. The molecule has 0 N–H and O–H groups in total. The summed E-state index contributed by atoms with van der Waals surface area (Å²) in [5, 5.41) is 10.5. The summed E-state index contributed by atoms with van der Waals surface area (Å²) >= 11 is 2.96. The summed E-state index contributed by atoms with van der Waals surface area (Å²) < 4.78 is 4.82. The van der Waals surface area contributed by atoms with Crippen molar-refractivity contribution < 1.29 is 14.5 Å². The fraction of sp³-hybridized carbons (Fsp3) is 0.222. The maximum absolute atomic E-state index is 10.8. The number of nitro groups is 1. The Bertz CT molecular complexity index is 363. The number of hydrogen-bond acceptors (Lipinski definition) is 4. The highest BCUT2D eigenvalue weighted by Gasteiger charge is 2.05. The second-order valence-corrected chi connectivity index (χ2v) is 3.28. The number of halogens is 1. The molecule has 80 valence electrons. The first-order valence-electron chi connectivity index (χ1n) is 4.08. The van der Waals surface area contributed by atoms with Crippen LogP contribution in [-0.2, 0) is 16.1 Å². The van der Waals surface area contributed by atoms with Crippen LogP contribution in [0.4, 0.5) is 5.69 Å². The van der Waals surface area contributed by atoms with Crippen molar-refractivity contribution in [2.45, 2.75) is 6.61 Å². The quantitative estimate of drug-likeness (QED) is 0.364. The number of alkyl halides is 1. The first kappa shape index (κ1) is 11.6. The van der Waals surface area contributed by atoms with Crippen LogP contribution in [0.3, 0.4) is 0 Å². The number of carbonyl (C=O) groups excluding carboxylic acids is 1. The SMILES string of the molecule is O=C(CBr)OCc1ccc([N+](=O)[O-])cc1. The number of carbonyl (C=O) groups is 1. The van der Waals surface area contributed by atoms with Crippen molar-refractivity contribution in [2.24, 2.45) is 0 Å². The highest BCUT2D eigenvalue weighted by Crippen LogP contribution is 2.12. The number of esters is 1. The molecule has 0 atom stereocenters. The lowest BCUT2D eigenvalue weighted by atomic mass is 10.2. The third-order valence-corrected chi connectivity index (χ3v) is 2.11. The van der Waals surface area contributed by atoms with Gasteiger partial charge < -0.3 is 4.74 Å². The second kappa shape index (κ2) is 5.45. The minimum absolute atomic E-state index is 0.0190. The number of nitro benzene ring substituents is 1. The van der Waals surface area contributed by atoms with Crippen molar-refractivity contribution in [2.75, 3.05) is 5.33 Å². The summed E-state index contributed by atoms with van der Waals surface area (Å²) in [6.07, 6.45) is 0. The van der Waals surface area contributed by atoms with E-state index in [0.29, 0.717) is 0 Å². The average molecular weight is 274 g/mol. The Morgan fingerprint density at radius 2 is 2.00 bits per heavy atom. The zero-order valence-corrected chi connectivity index (χ0v) is 9.27. The first-order chi connectivity index (χ1) is 7.13. The van der Waals surface area contributed by atoms with Crippen LogP contribution in [0.25, 0.3) is 0 Å². The summed E-state index contributed by atoms with van der Waals surface area (Å²) in [6.45, 7) is 0.127. The molecule has 15 heavy (non-hydrogen) atoms. The maximum atomic E-state index is 10.8. The van der Waals surface area contributed by atoms with Crippen LogP contribution >= 0.6 is 15.9 Å². The Labute approximate surface area is 94.3 Å². The summed E-state index contributed by atoms with van der Waals surface area (Å²) in [5.74, 6) is -0.367. The molecule has 0 aliphatic heterocycles. The average Bonchev–Trinajstić information content (AvgIpc) is 2.26. The standard InChI is InChI=1S/C9H8BrNO4/c10-5-9(12)15-6-7-1-3-8(4-2-7)11(13)14/h1-4H,5-6H2. The maximum Gasteiger partial charge on any atom is 0.316 e. The normalized spacial score (nSPS) is 9.67.